The molecule has 0 aromatic heterocycles. The number of unbranched alkanes of at least 4 members (excludes halogenated alkanes) is 6. The van der Waals surface area contributed by atoms with Gasteiger partial charge < -0.3 is 34.4 Å². The molecule has 0 aliphatic heterocycles. The van der Waals surface area contributed by atoms with Gasteiger partial charge >= 0.3 is 0 Å². The van der Waals surface area contributed by atoms with Gasteiger partial charge in [-0.05, 0) is 120 Å². The van der Waals surface area contributed by atoms with Crippen molar-refractivity contribution in [1.82, 2.24) is 0 Å². The second kappa shape index (κ2) is 61.1. The molecule has 0 aliphatic carbocycles. The third-order valence-corrected chi connectivity index (χ3v) is 12.5. The highest BCUT2D eigenvalue weighted by Gasteiger charge is 1.95. The fourth-order valence-electron chi connectivity index (χ4n) is 3.13. The van der Waals surface area contributed by atoms with E-state index in [9.17, 15) is 0 Å². The minimum absolute atomic E-state index is 0.690. The number of rotatable bonds is 27. The van der Waals surface area contributed by atoms with Crippen LogP contribution in [0.15, 0.2) is 0 Å². The lowest BCUT2D eigenvalue weighted by Gasteiger charge is -2.03. The third-order valence-electron chi connectivity index (χ3n) is 5.70. The van der Waals surface area contributed by atoms with Crippen molar-refractivity contribution in [1.29, 1.82) is 0 Å². The highest BCUT2D eigenvalue weighted by molar-refractivity contribution is 8.00. The first-order chi connectivity index (χ1) is 24.1. The van der Waals surface area contributed by atoms with E-state index >= 15 is 0 Å². The van der Waals surface area contributed by atoms with Gasteiger partial charge in [-0.1, -0.05) is 102 Å². The van der Waals surface area contributed by atoms with Crippen LogP contribution in [0.3, 0.4) is 0 Å². The topological polar surface area (TPSA) is 156 Å². The Bertz CT molecular complexity index is 534. The van der Waals surface area contributed by atoms with E-state index in [1.165, 1.54) is 80.8 Å². The molecule has 12 N–H and O–H groups in total. The summed E-state index contributed by atoms with van der Waals surface area (Å²) in [7, 11) is 0. The van der Waals surface area contributed by atoms with E-state index in [2.05, 4.69) is 94.8 Å². The van der Waals surface area contributed by atoms with Crippen molar-refractivity contribution in [2.75, 3.05) is 67.4 Å². The molecule has 0 unspecified atom stereocenters. The summed E-state index contributed by atoms with van der Waals surface area (Å²) in [5.74, 6) is 6.96. The van der Waals surface area contributed by atoms with Crippen LogP contribution in [0.1, 0.15) is 147 Å². The van der Waals surface area contributed by atoms with E-state index in [1.54, 1.807) is 11.8 Å². The number of hydrogen-bond acceptors (Lipinski definition) is 12. The molecule has 0 aliphatic rings. The normalized spacial score (nSPS) is 10.6. The Kier molecular flexibility index (Phi) is 77.6. The highest BCUT2D eigenvalue weighted by atomic mass is 32.2. The standard InChI is InChI=1S/C9H21NS.C8H19NS.C7H17NS.C6H15NS.C5H13NS.C4H11NS/c1-9(2)11-8-6-4-3-5-7-10;1-8(2)10-7-5-3-4-6-9;1-7(2)9-6-4-3-5-8;1-6(2)8-5-3-4-7;1-5(2)7-4-3-6;1-4(2)6-3-5/h9H,3-8,10H2,1-2H3;8H,3-7,9H2,1-2H3;7H,3-6,8H2,1-2H3;6H,3-5,7H2,1-2H3;5H,3-4,6H2,1-2H3;4H,3,5H2,1-2H3. The Labute approximate surface area is 348 Å². The van der Waals surface area contributed by atoms with Crippen LogP contribution in [0.2, 0.25) is 0 Å². The molecule has 0 rings (SSSR count). The predicted octanol–water partition coefficient (Wildman–Crippen LogP) is 10.4. The SMILES string of the molecule is CC(C)SCCCCCCN.CC(C)SCCCCCN.CC(C)SCCCCN.CC(C)SCCCN.CC(C)SCCN.CC(C)SCN. The molecule has 0 saturated carbocycles. The predicted molar refractivity (Wildman–Crippen MR) is 261 cm³/mol. The maximum Gasteiger partial charge on any atom is 0.0395 e. The van der Waals surface area contributed by atoms with Crippen LogP contribution < -0.4 is 34.4 Å². The first kappa shape index (κ1) is 64.7. The van der Waals surface area contributed by atoms with Gasteiger partial charge in [0, 0.05) is 23.4 Å². The molecule has 12 heteroatoms. The average Bonchev–Trinajstić information content (AvgIpc) is 3.05. The first-order valence-corrected chi connectivity index (χ1v) is 26.3. The van der Waals surface area contributed by atoms with Gasteiger partial charge in [0.1, 0.15) is 0 Å². The lowest BCUT2D eigenvalue weighted by Crippen LogP contribution is -2.03. The Balaban J connectivity index is -0.000000120. The van der Waals surface area contributed by atoms with Gasteiger partial charge in [-0.15, -0.1) is 11.8 Å². The Hall–Kier alpha value is 1.86. The van der Waals surface area contributed by atoms with E-state index in [-0.39, 0.29) is 0 Å². The van der Waals surface area contributed by atoms with Crippen LogP contribution in [-0.4, -0.2) is 98.9 Å². The summed E-state index contributed by atoms with van der Waals surface area (Å²) in [6, 6.07) is 0. The second-order valence-electron chi connectivity index (χ2n) is 13.5. The van der Waals surface area contributed by atoms with Crippen LogP contribution in [0.25, 0.3) is 0 Å². The number of thioether (sulfide) groups is 6. The zero-order valence-corrected chi connectivity index (χ0v) is 41.1. The monoisotopic (exact) mass is 841 g/mol. The van der Waals surface area contributed by atoms with E-state index in [0.29, 0.717) is 5.25 Å². The smallest absolute Gasteiger partial charge is 0.0395 e. The highest BCUT2D eigenvalue weighted by Crippen LogP contribution is 2.13. The summed E-state index contributed by atoms with van der Waals surface area (Å²) in [6.45, 7) is 30.7. The Morgan fingerprint density at radius 1 is 0.255 bits per heavy atom. The van der Waals surface area contributed by atoms with Gasteiger partial charge in [0.15, 0.2) is 0 Å². The zero-order chi connectivity index (χ0) is 40.6. The molecule has 0 radical (unpaired) electrons. The van der Waals surface area contributed by atoms with Gasteiger partial charge in [-0.25, -0.2) is 0 Å². The quantitative estimate of drug-likeness (QED) is 0.0344. The molecule has 0 bridgehead atoms. The minimum Gasteiger partial charge on any atom is -0.330 e. The molecule has 0 fully saturated rings. The van der Waals surface area contributed by atoms with E-state index in [1.807, 2.05) is 47.0 Å². The molecule has 0 atom stereocenters. The first-order valence-electron chi connectivity index (χ1n) is 20.0. The molecule has 0 heterocycles. The fourth-order valence-corrected chi connectivity index (χ4v) is 7.45. The molecule has 6 nitrogen and oxygen atoms in total. The van der Waals surface area contributed by atoms with Crippen molar-refractivity contribution in [3.63, 3.8) is 0 Å². The summed E-state index contributed by atoms with van der Waals surface area (Å²) < 4.78 is 0. The molecular formula is C39H96N6S6. The lowest BCUT2D eigenvalue weighted by molar-refractivity contribution is 0.677. The molecular weight excluding hydrogens is 745 g/mol. The van der Waals surface area contributed by atoms with Crippen molar-refractivity contribution in [2.24, 2.45) is 34.4 Å². The van der Waals surface area contributed by atoms with Gasteiger partial charge in [-0.2, -0.15) is 58.8 Å². The summed E-state index contributed by atoms with van der Waals surface area (Å²) >= 11 is 11.8. The molecule has 318 valence electrons. The third kappa shape index (κ3) is 106. The fraction of sp³-hybridized carbons (Fsp3) is 1.00. The van der Waals surface area contributed by atoms with Crippen molar-refractivity contribution in [3.8, 4) is 0 Å². The van der Waals surface area contributed by atoms with E-state index in [0.717, 1.165) is 77.0 Å². The van der Waals surface area contributed by atoms with Gasteiger partial charge in [0.25, 0.3) is 0 Å². The summed E-state index contributed by atoms with van der Waals surface area (Å²) in [5.41, 5.74) is 31.8. The van der Waals surface area contributed by atoms with Gasteiger partial charge in [-0.3, -0.25) is 0 Å². The van der Waals surface area contributed by atoms with Gasteiger partial charge in [0.2, 0.25) is 0 Å². The van der Waals surface area contributed by atoms with Crippen LogP contribution in [-0.2, 0) is 0 Å². The zero-order valence-electron chi connectivity index (χ0n) is 36.2. The van der Waals surface area contributed by atoms with Gasteiger partial charge in [0.05, 0.1) is 0 Å². The number of hydrogen-bond donors (Lipinski definition) is 6. The summed E-state index contributed by atoms with van der Waals surface area (Å²) in [4.78, 5) is 0. The molecule has 0 aromatic carbocycles. The Morgan fingerprint density at radius 2 is 0.490 bits per heavy atom. The minimum atomic E-state index is 0.690. The summed E-state index contributed by atoms with van der Waals surface area (Å²) in [5, 5.41) is 4.56. The maximum atomic E-state index is 5.39. The van der Waals surface area contributed by atoms with Crippen LogP contribution in [0, 0.1) is 0 Å². The molecule has 0 amide bonds. The lowest BCUT2D eigenvalue weighted by atomic mass is 10.2. The second-order valence-corrected chi connectivity index (χ2v) is 23.5. The Morgan fingerprint density at radius 3 is 0.725 bits per heavy atom. The van der Waals surface area contributed by atoms with E-state index < -0.39 is 0 Å². The van der Waals surface area contributed by atoms with Crippen molar-refractivity contribution in [2.45, 2.75) is 179 Å². The number of nitrogens with two attached hydrogens (primary N) is 6. The molecule has 51 heavy (non-hydrogen) atoms. The van der Waals surface area contributed by atoms with Crippen LogP contribution >= 0.6 is 70.6 Å². The maximum absolute atomic E-state index is 5.39. The average molecular weight is 842 g/mol. The largest absolute Gasteiger partial charge is 0.330 e. The molecule has 0 spiro atoms. The van der Waals surface area contributed by atoms with Crippen molar-refractivity contribution < 1.29 is 0 Å². The van der Waals surface area contributed by atoms with E-state index in [4.69, 9.17) is 34.4 Å². The van der Waals surface area contributed by atoms with Crippen LogP contribution in [0.4, 0.5) is 0 Å². The van der Waals surface area contributed by atoms with Crippen molar-refractivity contribution in [3.05, 3.63) is 0 Å². The molecule has 0 saturated heterocycles. The van der Waals surface area contributed by atoms with Crippen molar-refractivity contribution >= 4 is 70.6 Å². The van der Waals surface area contributed by atoms with Crippen LogP contribution in [0.5, 0.6) is 0 Å². The molecule has 0 aromatic rings. The summed E-state index contributed by atoms with van der Waals surface area (Å²) in [6.07, 6.45) is 12.7.